The average Bonchev–Trinajstić information content (AvgIpc) is 3.13. The first-order valence-electron chi connectivity index (χ1n) is 11.8. The van der Waals surface area contributed by atoms with Gasteiger partial charge in [-0.1, -0.05) is 96.8 Å². The van der Waals surface area contributed by atoms with E-state index in [4.69, 9.17) is 9.84 Å². The first-order valence-corrected chi connectivity index (χ1v) is 11.8. The van der Waals surface area contributed by atoms with E-state index in [0.29, 0.717) is 19.4 Å². The molecule has 0 saturated carbocycles. The second kappa shape index (κ2) is 16.8. The molecule has 0 spiro atoms. The normalized spacial score (nSPS) is 19.0. The van der Waals surface area contributed by atoms with Gasteiger partial charge in [0.05, 0.1) is 0 Å². The fourth-order valence-corrected chi connectivity index (χ4v) is 3.87. The molecule has 0 aliphatic carbocycles. The van der Waals surface area contributed by atoms with E-state index in [9.17, 15) is 9.59 Å². The number of aliphatic carboxylic acids is 1. The van der Waals surface area contributed by atoms with Crippen molar-refractivity contribution >= 4 is 11.9 Å². The molecule has 0 amide bonds. The molecular formula is C23H43NO4. The monoisotopic (exact) mass is 397 g/mol. The summed E-state index contributed by atoms with van der Waals surface area (Å²) in [5.41, 5.74) is 0. The van der Waals surface area contributed by atoms with Crippen LogP contribution in [0.5, 0.6) is 0 Å². The topological polar surface area (TPSA) is 75.6 Å². The molecule has 0 bridgehead atoms. The maximum atomic E-state index is 11.8. The minimum absolute atomic E-state index is 0.187. The van der Waals surface area contributed by atoms with Crippen molar-refractivity contribution in [2.24, 2.45) is 0 Å². The number of nitrogens with one attached hydrogen (secondary N) is 1. The summed E-state index contributed by atoms with van der Waals surface area (Å²) in [5, 5.41) is 11.8. The maximum Gasteiger partial charge on any atom is 0.320 e. The molecular weight excluding hydrogens is 354 g/mol. The minimum Gasteiger partial charge on any atom is -0.480 e. The van der Waals surface area contributed by atoms with Crippen LogP contribution >= 0.6 is 0 Å². The molecule has 1 saturated heterocycles. The highest BCUT2D eigenvalue weighted by Gasteiger charge is 2.31. The van der Waals surface area contributed by atoms with Crippen LogP contribution in [0.1, 0.15) is 116 Å². The van der Waals surface area contributed by atoms with Gasteiger partial charge < -0.3 is 15.2 Å². The van der Waals surface area contributed by atoms with Crippen molar-refractivity contribution in [1.82, 2.24) is 5.32 Å². The van der Waals surface area contributed by atoms with Crippen molar-refractivity contribution in [3.05, 3.63) is 0 Å². The number of unbranched alkanes of at least 4 members (excludes halogenated alkanes) is 14. The molecule has 2 atom stereocenters. The summed E-state index contributed by atoms with van der Waals surface area (Å²) in [6.07, 6.45) is 20.1. The fraction of sp³-hybridized carbons (Fsp3) is 0.913. The second-order valence-electron chi connectivity index (χ2n) is 8.35. The molecule has 0 unspecified atom stereocenters. The minimum atomic E-state index is -0.874. The third-order valence-corrected chi connectivity index (χ3v) is 5.67. The predicted molar refractivity (Wildman–Crippen MR) is 113 cm³/mol. The Bertz CT molecular complexity index is 413. The van der Waals surface area contributed by atoms with Crippen molar-refractivity contribution in [2.45, 2.75) is 128 Å². The van der Waals surface area contributed by atoms with Crippen LogP contribution in [0.3, 0.4) is 0 Å². The third-order valence-electron chi connectivity index (χ3n) is 5.67. The van der Waals surface area contributed by atoms with Crippen LogP contribution in [-0.2, 0) is 14.3 Å². The van der Waals surface area contributed by atoms with Gasteiger partial charge in [-0.3, -0.25) is 9.59 Å². The van der Waals surface area contributed by atoms with Gasteiger partial charge in [0.25, 0.3) is 0 Å². The molecule has 164 valence electrons. The van der Waals surface area contributed by atoms with Gasteiger partial charge in [-0.25, -0.2) is 0 Å². The van der Waals surface area contributed by atoms with E-state index in [-0.39, 0.29) is 12.1 Å². The van der Waals surface area contributed by atoms with E-state index in [1.165, 1.54) is 83.5 Å². The van der Waals surface area contributed by atoms with Gasteiger partial charge in [0.1, 0.15) is 12.1 Å². The number of carboxylic acids is 1. The Morgan fingerprint density at radius 3 is 1.71 bits per heavy atom. The molecule has 5 heteroatoms. The first kappa shape index (κ1) is 24.9. The SMILES string of the molecule is CCCCCCCCCCCCCCCCCC(=O)O[C@H]1CN[C@H](C(=O)O)C1. The largest absolute Gasteiger partial charge is 0.480 e. The summed E-state index contributed by atoms with van der Waals surface area (Å²) < 4.78 is 5.35. The van der Waals surface area contributed by atoms with Crippen molar-refractivity contribution in [2.75, 3.05) is 6.54 Å². The number of esters is 1. The number of hydrogen-bond acceptors (Lipinski definition) is 4. The second-order valence-corrected chi connectivity index (χ2v) is 8.35. The van der Waals surface area contributed by atoms with Crippen LogP contribution in [0.25, 0.3) is 0 Å². The summed E-state index contributed by atoms with van der Waals surface area (Å²) >= 11 is 0. The van der Waals surface area contributed by atoms with E-state index in [1.807, 2.05) is 0 Å². The van der Waals surface area contributed by atoms with Crippen molar-refractivity contribution in [3.8, 4) is 0 Å². The van der Waals surface area contributed by atoms with Crippen LogP contribution < -0.4 is 5.32 Å². The van der Waals surface area contributed by atoms with E-state index in [0.717, 1.165) is 12.8 Å². The quantitative estimate of drug-likeness (QED) is 0.232. The third kappa shape index (κ3) is 13.1. The molecule has 1 heterocycles. The van der Waals surface area contributed by atoms with Crippen molar-refractivity contribution in [3.63, 3.8) is 0 Å². The van der Waals surface area contributed by atoms with Crippen LogP contribution in [0.2, 0.25) is 0 Å². The smallest absolute Gasteiger partial charge is 0.320 e. The standard InChI is InChI=1S/C23H43NO4/c1-2-3-4-5-6-7-8-9-10-11-12-13-14-15-16-17-22(25)28-20-18-21(23(26)27)24-19-20/h20-21,24H,2-19H2,1H3,(H,26,27)/t20-,21+/m1/s1. The highest BCUT2D eigenvalue weighted by molar-refractivity contribution is 5.74. The number of ether oxygens (including phenoxy) is 1. The molecule has 0 aromatic heterocycles. The van der Waals surface area contributed by atoms with Gasteiger partial charge in [0.15, 0.2) is 0 Å². The molecule has 0 aromatic carbocycles. The van der Waals surface area contributed by atoms with Gasteiger partial charge in [-0.2, -0.15) is 0 Å². The molecule has 2 N–H and O–H groups in total. The van der Waals surface area contributed by atoms with Crippen LogP contribution in [0.15, 0.2) is 0 Å². The Balaban J connectivity index is 1.79. The zero-order chi connectivity index (χ0) is 20.5. The predicted octanol–water partition coefficient (Wildman–Crippen LogP) is 5.61. The molecule has 1 aliphatic heterocycles. The summed E-state index contributed by atoms with van der Waals surface area (Å²) in [6, 6.07) is -0.580. The number of carboxylic acid groups (broad SMARTS) is 1. The summed E-state index contributed by atoms with van der Waals surface area (Å²) in [6.45, 7) is 2.71. The zero-order valence-corrected chi connectivity index (χ0v) is 18.1. The molecule has 1 rings (SSSR count). The van der Waals surface area contributed by atoms with Crippen LogP contribution in [-0.4, -0.2) is 35.7 Å². The van der Waals surface area contributed by atoms with E-state index < -0.39 is 12.0 Å². The van der Waals surface area contributed by atoms with Crippen molar-refractivity contribution in [1.29, 1.82) is 0 Å². The number of carbonyl (C=O) groups excluding carboxylic acids is 1. The van der Waals surface area contributed by atoms with E-state index >= 15 is 0 Å². The maximum absolute atomic E-state index is 11.8. The van der Waals surface area contributed by atoms with Crippen molar-refractivity contribution < 1.29 is 19.4 Å². The number of hydrogen-bond donors (Lipinski definition) is 2. The highest BCUT2D eigenvalue weighted by Crippen LogP contribution is 2.15. The first-order chi connectivity index (χ1) is 13.6. The number of carbonyl (C=O) groups is 2. The van der Waals surface area contributed by atoms with Gasteiger partial charge in [0, 0.05) is 19.4 Å². The Morgan fingerprint density at radius 1 is 0.821 bits per heavy atom. The molecule has 0 radical (unpaired) electrons. The average molecular weight is 398 g/mol. The lowest BCUT2D eigenvalue weighted by Gasteiger charge is -2.10. The van der Waals surface area contributed by atoms with E-state index in [1.54, 1.807) is 0 Å². The summed E-state index contributed by atoms with van der Waals surface area (Å²) in [4.78, 5) is 22.7. The lowest BCUT2D eigenvalue weighted by molar-refractivity contribution is -0.149. The van der Waals surface area contributed by atoms with Crippen LogP contribution in [0, 0.1) is 0 Å². The van der Waals surface area contributed by atoms with E-state index in [2.05, 4.69) is 12.2 Å². The molecule has 28 heavy (non-hydrogen) atoms. The van der Waals surface area contributed by atoms with Gasteiger partial charge >= 0.3 is 11.9 Å². The Hall–Kier alpha value is -1.10. The summed E-state index contributed by atoms with van der Waals surface area (Å²) in [5.74, 6) is -1.06. The number of rotatable bonds is 18. The Kier molecular flexibility index (Phi) is 15.0. The zero-order valence-electron chi connectivity index (χ0n) is 18.1. The van der Waals surface area contributed by atoms with Gasteiger partial charge in [0.2, 0.25) is 0 Å². The van der Waals surface area contributed by atoms with Gasteiger partial charge in [-0.15, -0.1) is 0 Å². The lowest BCUT2D eigenvalue weighted by Crippen LogP contribution is -2.30. The lowest BCUT2D eigenvalue weighted by atomic mass is 10.0. The molecule has 5 nitrogen and oxygen atoms in total. The summed E-state index contributed by atoms with van der Waals surface area (Å²) in [7, 11) is 0. The molecule has 1 aliphatic rings. The van der Waals surface area contributed by atoms with Gasteiger partial charge in [-0.05, 0) is 6.42 Å². The fourth-order valence-electron chi connectivity index (χ4n) is 3.87. The van der Waals surface area contributed by atoms with Crippen LogP contribution in [0.4, 0.5) is 0 Å². The molecule has 0 aromatic rings. The Labute approximate surface area is 172 Å². The molecule has 1 fully saturated rings. The Morgan fingerprint density at radius 2 is 1.29 bits per heavy atom. The highest BCUT2D eigenvalue weighted by atomic mass is 16.5.